The maximum Gasteiger partial charge on any atom is 0.253 e. The van der Waals surface area contributed by atoms with Gasteiger partial charge < -0.3 is 10.2 Å². The highest BCUT2D eigenvalue weighted by molar-refractivity contribution is 5.94. The number of hydrogen-bond donors (Lipinski definition) is 1. The number of carbonyl (C=O) groups excluding carboxylic acids is 2. The number of nitrogens with one attached hydrogen (secondary N) is 1. The zero-order valence-electron chi connectivity index (χ0n) is 16.6. The van der Waals surface area contributed by atoms with Crippen LogP contribution in [0.3, 0.4) is 0 Å². The summed E-state index contributed by atoms with van der Waals surface area (Å²) in [5.74, 6) is 0.00986. The van der Waals surface area contributed by atoms with Crippen molar-refractivity contribution in [3.05, 3.63) is 78.4 Å². The van der Waals surface area contributed by atoms with E-state index in [0.29, 0.717) is 44.8 Å². The summed E-state index contributed by atoms with van der Waals surface area (Å²) in [6.45, 7) is 3.46. The number of nitrogens with zero attached hydrogens (tertiary/aromatic N) is 5. The second kappa shape index (κ2) is 9.32. The highest BCUT2D eigenvalue weighted by Gasteiger charge is 2.23. The van der Waals surface area contributed by atoms with E-state index in [4.69, 9.17) is 0 Å². The Morgan fingerprint density at radius 2 is 1.67 bits per heavy atom. The zero-order valence-corrected chi connectivity index (χ0v) is 16.6. The quantitative estimate of drug-likeness (QED) is 0.670. The molecule has 1 fully saturated rings. The minimum absolute atomic E-state index is 0.00216. The Morgan fingerprint density at radius 1 is 0.933 bits per heavy atom. The van der Waals surface area contributed by atoms with E-state index in [9.17, 15) is 9.59 Å². The first-order valence-electron chi connectivity index (χ1n) is 9.96. The van der Waals surface area contributed by atoms with Crippen LogP contribution in [0.2, 0.25) is 0 Å². The lowest BCUT2D eigenvalue weighted by Gasteiger charge is -2.34. The third kappa shape index (κ3) is 4.90. The Morgan fingerprint density at radius 3 is 2.33 bits per heavy atom. The number of rotatable bonds is 6. The number of hydrogen-bond acceptors (Lipinski definition) is 5. The molecule has 8 heteroatoms. The highest BCUT2D eigenvalue weighted by atomic mass is 16.2. The van der Waals surface area contributed by atoms with Gasteiger partial charge in [0.15, 0.2) is 0 Å². The summed E-state index contributed by atoms with van der Waals surface area (Å²) in [7, 11) is 0. The molecule has 1 aromatic heterocycles. The summed E-state index contributed by atoms with van der Waals surface area (Å²) in [6.07, 6.45) is 3.09. The average molecular weight is 404 g/mol. The Kier molecular flexibility index (Phi) is 6.14. The first-order valence-corrected chi connectivity index (χ1v) is 9.96. The van der Waals surface area contributed by atoms with E-state index in [0.717, 1.165) is 11.3 Å². The molecular weight excluding hydrogens is 380 g/mol. The number of piperazine rings is 1. The molecule has 0 bridgehead atoms. The van der Waals surface area contributed by atoms with E-state index in [1.807, 2.05) is 59.5 Å². The molecule has 0 unspecified atom stereocenters. The number of aromatic nitrogens is 3. The summed E-state index contributed by atoms with van der Waals surface area (Å²) < 4.78 is 1.65. The molecule has 154 valence electrons. The van der Waals surface area contributed by atoms with Crippen LogP contribution in [0.1, 0.15) is 15.9 Å². The van der Waals surface area contributed by atoms with Crippen LogP contribution in [0.4, 0.5) is 0 Å². The van der Waals surface area contributed by atoms with Crippen molar-refractivity contribution >= 4 is 11.8 Å². The predicted molar refractivity (Wildman–Crippen MR) is 112 cm³/mol. The van der Waals surface area contributed by atoms with Crippen LogP contribution in [0.5, 0.6) is 0 Å². The van der Waals surface area contributed by atoms with Gasteiger partial charge in [-0.3, -0.25) is 14.5 Å². The SMILES string of the molecule is O=C(CN1CCN(C(=O)c2ccc(-n3cncn3)cc2)CC1)NCc1ccccc1. The highest BCUT2D eigenvalue weighted by Crippen LogP contribution is 2.12. The van der Waals surface area contributed by atoms with E-state index in [2.05, 4.69) is 20.3 Å². The summed E-state index contributed by atoms with van der Waals surface area (Å²) in [4.78, 5) is 32.8. The fourth-order valence-electron chi connectivity index (χ4n) is 3.45. The number of carbonyl (C=O) groups is 2. The molecule has 0 radical (unpaired) electrons. The van der Waals surface area contributed by atoms with Gasteiger partial charge in [-0.1, -0.05) is 30.3 Å². The lowest BCUT2D eigenvalue weighted by molar-refractivity contribution is -0.122. The molecule has 0 spiro atoms. The minimum atomic E-state index is 0.00216. The maximum absolute atomic E-state index is 12.8. The third-order valence-electron chi connectivity index (χ3n) is 5.16. The molecule has 0 saturated carbocycles. The van der Waals surface area contributed by atoms with Gasteiger partial charge in [0.05, 0.1) is 12.2 Å². The second-order valence-electron chi connectivity index (χ2n) is 7.22. The molecule has 1 aliphatic rings. The van der Waals surface area contributed by atoms with Crippen molar-refractivity contribution < 1.29 is 9.59 Å². The van der Waals surface area contributed by atoms with Gasteiger partial charge in [0.25, 0.3) is 5.91 Å². The fraction of sp³-hybridized carbons (Fsp3) is 0.273. The van der Waals surface area contributed by atoms with Gasteiger partial charge in [0.2, 0.25) is 5.91 Å². The first kappa shape index (κ1) is 19.8. The monoisotopic (exact) mass is 404 g/mol. The molecule has 0 aliphatic carbocycles. The first-order chi connectivity index (χ1) is 14.7. The van der Waals surface area contributed by atoms with Gasteiger partial charge in [-0.05, 0) is 29.8 Å². The van der Waals surface area contributed by atoms with Crippen LogP contribution in [-0.2, 0) is 11.3 Å². The number of amides is 2. The van der Waals surface area contributed by atoms with Crippen molar-refractivity contribution in [2.24, 2.45) is 0 Å². The molecule has 2 amide bonds. The predicted octanol–water partition coefficient (Wildman–Crippen LogP) is 1.34. The van der Waals surface area contributed by atoms with Crippen LogP contribution in [0, 0.1) is 0 Å². The molecule has 1 aliphatic heterocycles. The van der Waals surface area contributed by atoms with Crippen molar-refractivity contribution in [1.82, 2.24) is 29.9 Å². The van der Waals surface area contributed by atoms with Crippen molar-refractivity contribution in [2.75, 3.05) is 32.7 Å². The second-order valence-corrected chi connectivity index (χ2v) is 7.22. The van der Waals surface area contributed by atoms with Gasteiger partial charge in [0.1, 0.15) is 12.7 Å². The van der Waals surface area contributed by atoms with Gasteiger partial charge in [-0.2, -0.15) is 5.10 Å². The van der Waals surface area contributed by atoms with Crippen molar-refractivity contribution in [3.8, 4) is 5.69 Å². The maximum atomic E-state index is 12.8. The van der Waals surface area contributed by atoms with Gasteiger partial charge >= 0.3 is 0 Å². The van der Waals surface area contributed by atoms with E-state index in [1.165, 1.54) is 6.33 Å². The van der Waals surface area contributed by atoms with Gasteiger partial charge in [-0.25, -0.2) is 9.67 Å². The molecular formula is C22H24N6O2. The van der Waals surface area contributed by atoms with Crippen LogP contribution in [-0.4, -0.2) is 69.1 Å². The third-order valence-corrected chi connectivity index (χ3v) is 5.16. The van der Waals surface area contributed by atoms with Gasteiger partial charge in [0, 0.05) is 38.3 Å². The van der Waals surface area contributed by atoms with Crippen molar-refractivity contribution in [1.29, 1.82) is 0 Å². The molecule has 3 aromatic rings. The van der Waals surface area contributed by atoms with E-state index in [1.54, 1.807) is 11.0 Å². The molecule has 1 N–H and O–H groups in total. The standard InChI is InChI=1S/C22H24N6O2/c29-21(24-14-18-4-2-1-3-5-18)15-26-10-12-27(13-11-26)22(30)19-6-8-20(9-7-19)28-17-23-16-25-28/h1-9,16-17H,10-15H2,(H,24,29). The zero-order chi connectivity index (χ0) is 20.8. The fourth-order valence-corrected chi connectivity index (χ4v) is 3.45. The summed E-state index contributed by atoms with van der Waals surface area (Å²) in [5.41, 5.74) is 2.58. The van der Waals surface area contributed by atoms with Gasteiger partial charge in [-0.15, -0.1) is 0 Å². The van der Waals surface area contributed by atoms with Crippen molar-refractivity contribution in [3.63, 3.8) is 0 Å². The Hall–Kier alpha value is -3.52. The Bertz CT molecular complexity index is 965. The lowest BCUT2D eigenvalue weighted by atomic mass is 10.1. The normalized spacial score (nSPS) is 14.5. The van der Waals surface area contributed by atoms with Crippen molar-refractivity contribution in [2.45, 2.75) is 6.54 Å². The van der Waals surface area contributed by atoms with E-state index < -0.39 is 0 Å². The summed E-state index contributed by atoms with van der Waals surface area (Å²) in [5, 5.41) is 7.04. The molecule has 2 aromatic carbocycles. The largest absolute Gasteiger partial charge is 0.351 e. The molecule has 1 saturated heterocycles. The number of benzene rings is 2. The molecule has 0 atom stereocenters. The molecule has 8 nitrogen and oxygen atoms in total. The Labute approximate surface area is 175 Å². The van der Waals surface area contributed by atoms with Crippen LogP contribution in [0.25, 0.3) is 5.69 Å². The lowest BCUT2D eigenvalue weighted by Crippen LogP contribution is -2.51. The molecule has 2 heterocycles. The van der Waals surface area contributed by atoms with Crippen LogP contribution in [0.15, 0.2) is 67.3 Å². The average Bonchev–Trinajstić information content (AvgIpc) is 3.34. The smallest absolute Gasteiger partial charge is 0.253 e. The van der Waals surface area contributed by atoms with E-state index >= 15 is 0 Å². The van der Waals surface area contributed by atoms with Crippen LogP contribution >= 0.6 is 0 Å². The topological polar surface area (TPSA) is 83.4 Å². The molecule has 4 rings (SSSR count). The summed E-state index contributed by atoms with van der Waals surface area (Å²) >= 11 is 0. The molecule has 30 heavy (non-hydrogen) atoms. The Balaban J connectivity index is 1.24. The van der Waals surface area contributed by atoms with Crippen LogP contribution < -0.4 is 5.32 Å². The minimum Gasteiger partial charge on any atom is -0.351 e. The van der Waals surface area contributed by atoms with E-state index in [-0.39, 0.29) is 11.8 Å². The summed E-state index contributed by atoms with van der Waals surface area (Å²) in [6, 6.07) is 17.2.